The van der Waals surface area contributed by atoms with Crippen LogP contribution in [0.3, 0.4) is 0 Å². The Balaban J connectivity index is 0.00000289. The number of nitrogens with one attached hydrogen (secondary N) is 1. The maximum atomic E-state index is 11.7. The summed E-state index contributed by atoms with van der Waals surface area (Å²) >= 11 is 0. The smallest absolute Gasteiger partial charge is 0.241 e. The van der Waals surface area contributed by atoms with Gasteiger partial charge in [-0.05, 0) is 19.3 Å². The molecule has 1 aliphatic rings. The Hall–Kier alpha value is -0.850. The lowest BCUT2D eigenvalue weighted by Crippen LogP contribution is -2.43. The van der Waals surface area contributed by atoms with Gasteiger partial charge < -0.3 is 20.7 Å². The summed E-state index contributed by atoms with van der Waals surface area (Å²) in [7, 11) is 1.72. The van der Waals surface area contributed by atoms with Crippen molar-refractivity contribution in [3.8, 4) is 0 Å². The molecule has 0 bridgehead atoms. The van der Waals surface area contributed by atoms with Gasteiger partial charge in [0.05, 0.1) is 19.2 Å². The van der Waals surface area contributed by atoms with Crippen molar-refractivity contribution in [3.05, 3.63) is 0 Å². The average molecular weight is 280 g/mol. The van der Waals surface area contributed by atoms with Gasteiger partial charge in [0.25, 0.3) is 0 Å². The van der Waals surface area contributed by atoms with E-state index in [4.69, 9.17) is 10.5 Å². The minimum absolute atomic E-state index is 0. The Morgan fingerprint density at radius 3 is 2.72 bits per heavy atom. The first-order chi connectivity index (χ1) is 8.13. The third kappa shape index (κ3) is 6.18. The van der Waals surface area contributed by atoms with Gasteiger partial charge in [-0.1, -0.05) is 0 Å². The number of hydrogen-bond acceptors (Lipinski definition) is 4. The minimum Gasteiger partial charge on any atom is -0.376 e. The summed E-state index contributed by atoms with van der Waals surface area (Å²) < 4.78 is 5.54. The van der Waals surface area contributed by atoms with Crippen LogP contribution in [0.4, 0.5) is 0 Å². The van der Waals surface area contributed by atoms with E-state index in [1.165, 1.54) is 0 Å². The third-order valence-corrected chi connectivity index (χ3v) is 2.80. The van der Waals surface area contributed by atoms with Crippen molar-refractivity contribution in [1.29, 1.82) is 0 Å². The van der Waals surface area contributed by atoms with Crippen molar-refractivity contribution in [2.24, 2.45) is 5.73 Å². The van der Waals surface area contributed by atoms with Gasteiger partial charge in [-0.25, -0.2) is 0 Å². The van der Waals surface area contributed by atoms with E-state index in [0.717, 1.165) is 25.9 Å². The number of amides is 2. The SMILES string of the molecule is CN(CC1CCCCO1)C(=O)CNC(=O)CN.Cl. The number of halogens is 1. The van der Waals surface area contributed by atoms with E-state index in [1.54, 1.807) is 11.9 Å². The third-order valence-electron chi connectivity index (χ3n) is 2.80. The number of ether oxygens (including phenoxy) is 1. The summed E-state index contributed by atoms with van der Waals surface area (Å²) in [5.74, 6) is -0.443. The van der Waals surface area contributed by atoms with Crippen LogP contribution in [0.5, 0.6) is 0 Å². The minimum atomic E-state index is -0.319. The lowest BCUT2D eigenvalue weighted by molar-refractivity contribution is -0.133. The maximum absolute atomic E-state index is 11.7. The van der Waals surface area contributed by atoms with Gasteiger partial charge in [0, 0.05) is 20.2 Å². The van der Waals surface area contributed by atoms with E-state index in [-0.39, 0.29) is 43.4 Å². The van der Waals surface area contributed by atoms with Crippen molar-refractivity contribution >= 4 is 24.2 Å². The molecule has 0 saturated carbocycles. The largest absolute Gasteiger partial charge is 0.376 e. The van der Waals surface area contributed by atoms with Gasteiger partial charge in [-0.3, -0.25) is 9.59 Å². The first-order valence-electron chi connectivity index (χ1n) is 5.96. The van der Waals surface area contributed by atoms with Crippen molar-refractivity contribution < 1.29 is 14.3 Å². The van der Waals surface area contributed by atoms with E-state index < -0.39 is 0 Å². The zero-order chi connectivity index (χ0) is 12.7. The van der Waals surface area contributed by atoms with Gasteiger partial charge in [0.2, 0.25) is 11.8 Å². The summed E-state index contributed by atoms with van der Waals surface area (Å²) in [5, 5.41) is 2.45. The van der Waals surface area contributed by atoms with Gasteiger partial charge in [0.1, 0.15) is 0 Å². The molecular formula is C11H22ClN3O3. The van der Waals surface area contributed by atoms with Crippen LogP contribution in [-0.2, 0) is 14.3 Å². The molecule has 1 unspecified atom stereocenters. The van der Waals surface area contributed by atoms with E-state index >= 15 is 0 Å². The molecule has 1 rings (SSSR count). The van der Waals surface area contributed by atoms with Crippen LogP contribution < -0.4 is 11.1 Å². The van der Waals surface area contributed by atoms with Crippen LogP contribution in [0, 0.1) is 0 Å². The second-order valence-electron chi connectivity index (χ2n) is 4.24. The van der Waals surface area contributed by atoms with E-state index in [9.17, 15) is 9.59 Å². The molecule has 106 valence electrons. The fraction of sp³-hybridized carbons (Fsp3) is 0.818. The van der Waals surface area contributed by atoms with Crippen molar-refractivity contribution in [2.45, 2.75) is 25.4 Å². The number of rotatable bonds is 5. The van der Waals surface area contributed by atoms with Crippen LogP contribution in [0.2, 0.25) is 0 Å². The van der Waals surface area contributed by atoms with E-state index in [1.807, 2.05) is 0 Å². The summed E-state index contributed by atoms with van der Waals surface area (Å²) in [6.45, 7) is 1.26. The summed E-state index contributed by atoms with van der Waals surface area (Å²) in [5.41, 5.74) is 5.13. The Bertz CT molecular complexity index is 270. The number of hydrogen-bond donors (Lipinski definition) is 2. The number of carbonyl (C=O) groups is 2. The zero-order valence-electron chi connectivity index (χ0n) is 10.7. The number of nitrogens with two attached hydrogens (primary N) is 1. The molecule has 1 heterocycles. The summed E-state index contributed by atoms with van der Waals surface area (Å²) in [6.07, 6.45) is 3.37. The highest BCUT2D eigenvalue weighted by molar-refractivity contribution is 5.85. The number of likely N-dealkylation sites (N-methyl/N-ethyl adjacent to an activating group) is 1. The Morgan fingerprint density at radius 1 is 1.44 bits per heavy atom. The van der Waals surface area contributed by atoms with Gasteiger partial charge in [-0.2, -0.15) is 0 Å². The second-order valence-corrected chi connectivity index (χ2v) is 4.24. The van der Waals surface area contributed by atoms with Crippen LogP contribution >= 0.6 is 12.4 Å². The molecule has 0 spiro atoms. The highest BCUT2D eigenvalue weighted by atomic mass is 35.5. The van der Waals surface area contributed by atoms with Crippen LogP contribution in [0.25, 0.3) is 0 Å². The predicted octanol–water partition coefficient (Wildman–Crippen LogP) is -0.489. The molecule has 7 heteroatoms. The normalized spacial score (nSPS) is 18.7. The number of nitrogens with zero attached hydrogens (tertiary/aromatic N) is 1. The molecule has 1 fully saturated rings. The molecule has 0 radical (unpaired) electrons. The molecule has 0 aromatic carbocycles. The second kappa shape index (κ2) is 9.13. The Labute approximate surface area is 114 Å². The quantitative estimate of drug-likeness (QED) is 0.711. The van der Waals surface area contributed by atoms with Crippen molar-refractivity contribution in [2.75, 3.05) is 33.3 Å². The molecule has 0 aromatic rings. The predicted molar refractivity (Wildman–Crippen MR) is 70.5 cm³/mol. The van der Waals surface area contributed by atoms with Crippen LogP contribution in [0.1, 0.15) is 19.3 Å². The monoisotopic (exact) mass is 279 g/mol. The highest BCUT2D eigenvalue weighted by Gasteiger charge is 2.18. The standard InChI is InChI=1S/C11H21N3O3.ClH/c1-14(8-9-4-2-3-5-17-9)11(16)7-13-10(15)6-12;/h9H,2-8,12H2,1H3,(H,13,15);1H. The lowest BCUT2D eigenvalue weighted by Gasteiger charge is -2.27. The van der Waals surface area contributed by atoms with Gasteiger partial charge in [0.15, 0.2) is 0 Å². The number of carbonyl (C=O) groups excluding carboxylic acids is 2. The topological polar surface area (TPSA) is 84.7 Å². The fourth-order valence-electron chi connectivity index (χ4n) is 1.74. The van der Waals surface area contributed by atoms with Gasteiger partial charge in [-0.15, -0.1) is 12.4 Å². The molecule has 0 aromatic heterocycles. The van der Waals surface area contributed by atoms with Crippen LogP contribution in [0.15, 0.2) is 0 Å². The molecule has 1 saturated heterocycles. The molecule has 3 N–H and O–H groups in total. The Kier molecular flexibility index (Phi) is 8.70. The maximum Gasteiger partial charge on any atom is 0.241 e. The Morgan fingerprint density at radius 2 is 2.17 bits per heavy atom. The highest BCUT2D eigenvalue weighted by Crippen LogP contribution is 2.13. The molecule has 1 atom stereocenters. The fourth-order valence-corrected chi connectivity index (χ4v) is 1.74. The first kappa shape index (κ1) is 17.2. The molecule has 6 nitrogen and oxygen atoms in total. The zero-order valence-corrected chi connectivity index (χ0v) is 11.5. The van der Waals surface area contributed by atoms with Crippen molar-refractivity contribution in [1.82, 2.24) is 10.2 Å². The first-order valence-corrected chi connectivity index (χ1v) is 5.96. The molecule has 18 heavy (non-hydrogen) atoms. The summed E-state index contributed by atoms with van der Waals surface area (Å²) in [6, 6.07) is 0. The van der Waals surface area contributed by atoms with E-state index in [2.05, 4.69) is 5.32 Å². The van der Waals surface area contributed by atoms with E-state index in [0.29, 0.717) is 6.54 Å². The molecular weight excluding hydrogens is 258 g/mol. The van der Waals surface area contributed by atoms with Crippen molar-refractivity contribution in [3.63, 3.8) is 0 Å². The van der Waals surface area contributed by atoms with Crippen LogP contribution in [-0.4, -0.2) is 56.1 Å². The summed E-state index contributed by atoms with van der Waals surface area (Å²) in [4.78, 5) is 24.1. The molecule has 2 amide bonds. The lowest BCUT2D eigenvalue weighted by atomic mass is 10.1. The van der Waals surface area contributed by atoms with Gasteiger partial charge >= 0.3 is 0 Å². The molecule has 1 aliphatic heterocycles. The molecule has 0 aliphatic carbocycles. The average Bonchev–Trinajstić information content (AvgIpc) is 2.36.